The molecule has 0 aromatic carbocycles. The highest BCUT2D eigenvalue weighted by atomic mass is 14.9. The first-order chi connectivity index (χ1) is 7.95. The van der Waals surface area contributed by atoms with Crippen molar-refractivity contribution in [2.24, 2.45) is 5.92 Å². The monoisotopic (exact) mass is 216 g/mol. The molecule has 0 saturated heterocycles. The molecule has 86 valence electrons. The van der Waals surface area contributed by atoms with Crippen LogP contribution in [0.15, 0.2) is 36.5 Å². The summed E-state index contributed by atoms with van der Waals surface area (Å²) in [5.74, 6) is 0.841. The van der Waals surface area contributed by atoms with Crippen LogP contribution in [0.1, 0.15) is 25.0 Å². The van der Waals surface area contributed by atoms with E-state index in [1.54, 1.807) is 0 Å². The van der Waals surface area contributed by atoms with Gasteiger partial charge in [-0.15, -0.1) is 0 Å². The highest BCUT2D eigenvalue weighted by Gasteiger charge is 2.08. The number of hydrogen-bond acceptors (Lipinski definition) is 2. The molecule has 1 heterocycles. The van der Waals surface area contributed by atoms with E-state index in [2.05, 4.69) is 28.5 Å². The van der Waals surface area contributed by atoms with Crippen molar-refractivity contribution in [3.05, 3.63) is 42.2 Å². The average Bonchev–Trinajstić information content (AvgIpc) is 2.37. The quantitative estimate of drug-likeness (QED) is 0.604. The van der Waals surface area contributed by atoms with Crippen LogP contribution in [-0.4, -0.2) is 18.1 Å². The molecule has 0 radical (unpaired) electrons. The van der Waals surface area contributed by atoms with Crippen molar-refractivity contribution >= 4 is 0 Å². The largest absolute Gasteiger partial charge is 0.316 e. The molecule has 1 aliphatic carbocycles. The molecule has 0 aliphatic heterocycles. The second-order valence-corrected chi connectivity index (χ2v) is 4.43. The third-order valence-electron chi connectivity index (χ3n) is 3.09. The van der Waals surface area contributed by atoms with E-state index in [1.807, 2.05) is 18.3 Å². The van der Waals surface area contributed by atoms with Crippen molar-refractivity contribution < 1.29 is 0 Å². The maximum atomic E-state index is 4.31. The lowest BCUT2D eigenvalue weighted by Crippen LogP contribution is -2.25. The van der Waals surface area contributed by atoms with Crippen molar-refractivity contribution in [1.82, 2.24) is 10.3 Å². The number of nitrogens with zero attached hydrogens (tertiary/aromatic N) is 1. The molecule has 0 bridgehead atoms. The third-order valence-corrected chi connectivity index (χ3v) is 3.09. The van der Waals surface area contributed by atoms with Gasteiger partial charge in [-0.25, -0.2) is 0 Å². The summed E-state index contributed by atoms with van der Waals surface area (Å²) >= 11 is 0. The summed E-state index contributed by atoms with van der Waals surface area (Å²) < 4.78 is 0. The zero-order valence-corrected chi connectivity index (χ0v) is 9.73. The van der Waals surface area contributed by atoms with Gasteiger partial charge in [0.15, 0.2) is 0 Å². The summed E-state index contributed by atoms with van der Waals surface area (Å²) in [6, 6.07) is 6.10. The fraction of sp³-hybridized carbons (Fsp3) is 0.500. The fourth-order valence-electron chi connectivity index (χ4n) is 2.11. The Bertz CT molecular complexity index is 319. The highest BCUT2D eigenvalue weighted by Crippen LogP contribution is 2.16. The van der Waals surface area contributed by atoms with Crippen LogP contribution in [0, 0.1) is 5.92 Å². The van der Waals surface area contributed by atoms with Crippen LogP contribution in [0.4, 0.5) is 0 Å². The minimum absolute atomic E-state index is 0.841. The second kappa shape index (κ2) is 6.44. The first-order valence-corrected chi connectivity index (χ1v) is 6.21. The van der Waals surface area contributed by atoms with E-state index in [-0.39, 0.29) is 0 Å². The van der Waals surface area contributed by atoms with Gasteiger partial charge in [0.1, 0.15) is 0 Å². The Morgan fingerprint density at radius 3 is 3.06 bits per heavy atom. The molecule has 0 saturated carbocycles. The van der Waals surface area contributed by atoms with Gasteiger partial charge in [0.05, 0.1) is 0 Å². The lowest BCUT2D eigenvalue weighted by molar-refractivity contribution is 0.442. The van der Waals surface area contributed by atoms with Gasteiger partial charge < -0.3 is 5.32 Å². The number of aromatic nitrogens is 1. The Morgan fingerprint density at radius 1 is 1.31 bits per heavy atom. The van der Waals surface area contributed by atoms with Gasteiger partial charge in [0, 0.05) is 24.9 Å². The predicted octanol–water partition coefficient (Wildman–Crippen LogP) is 2.57. The Kier molecular flexibility index (Phi) is 4.56. The van der Waals surface area contributed by atoms with Gasteiger partial charge >= 0.3 is 0 Å². The van der Waals surface area contributed by atoms with Gasteiger partial charge in [-0.1, -0.05) is 18.2 Å². The molecule has 0 amide bonds. The maximum Gasteiger partial charge on any atom is 0.0416 e. The Balaban J connectivity index is 1.60. The first-order valence-electron chi connectivity index (χ1n) is 6.21. The standard InChI is InChI=1S/C14H20N2/c1-2-6-13(7-3-1)12-15-11-9-14-8-4-5-10-16-14/h1-2,4-5,8,10,13,15H,3,6-7,9,11-12H2. The molecule has 1 aliphatic rings. The predicted molar refractivity (Wildman–Crippen MR) is 67.3 cm³/mol. The van der Waals surface area contributed by atoms with Crippen LogP contribution in [0.2, 0.25) is 0 Å². The summed E-state index contributed by atoms with van der Waals surface area (Å²) in [5.41, 5.74) is 1.18. The maximum absolute atomic E-state index is 4.31. The van der Waals surface area contributed by atoms with Crippen LogP contribution in [0.5, 0.6) is 0 Å². The van der Waals surface area contributed by atoms with Gasteiger partial charge in [0.25, 0.3) is 0 Å². The van der Waals surface area contributed by atoms with Crippen molar-refractivity contribution in [3.8, 4) is 0 Å². The summed E-state index contributed by atoms with van der Waals surface area (Å²) in [6.07, 6.45) is 11.3. The van der Waals surface area contributed by atoms with E-state index in [0.717, 1.165) is 25.4 Å². The molecule has 2 nitrogen and oxygen atoms in total. The van der Waals surface area contributed by atoms with Crippen LogP contribution in [-0.2, 0) is 6.42 Å². The van der Waals surface area contributed by atoms with Crippen molar-refractivity contribution in [3.63, 3.8) is 0 Å². The molecule has 16 heavy (non-hydrogen) atoms. The molecular formula is C14H20N2. The van der Waals surface area contributed by atoms with Gasteiger partial charge in [-0.2, -0.15) is 0 Å². The zero-order chi connectivity index (χ0) is 11.1. The summed E-state index contributed by atoms with van der Waals surface area (Å²) in [5, 5.41) is 3.53. The molecule has 0 spiro atoms. The lowest BCUT2D eigenvalue weighted by Gasteiger charge is -2.17. The second-order valence-electron chi connectivity index (χ2n) is 4.43. The van der Waals surface area contributed by atoms with E-state index in [0.29, 0.717) is 0 Å². The third kappa shape index (κ3) is 3.78. The average molecular weight is 216 g/mol. The van der Waals surface area contributed by atoms with Crippen molar-refractivity contribution in [1.29, 1.82) is 0 Å². The summed E-state index contributed by atoms with van der Waals surface area (Å²) in [4.78, 5) is 4.31. The number of allylic oxidation sites excluding steroid dienone is 2. The van der Waals surface area contributed by atoms with Crippen molar-refractivity contribution in [2.75, 3.05) is 13.1 Å². The zero-order valence-electron chi connectivity index (χ0n) is 9.73. The lowest BCUT2D eigenvalue weighted by atomic mass is 9.94. The van der Waals surface area contributed by atoms with Gasteiger partial charge in [-0.05, 0) is 43.9 Å². The number of hydrogen-bond donors (Lipinski definition) is 1. The number of rotatable bonds is 5. The fourth-order valence-corrected chi connectivity index (χ4v) is 2.11. The molecule has 1 aromatic rings. The van der Waals surface area contributed by atoms with Gasteiger partial charge in [-0.3, -0.25) is 4.98 Å². The number of pyridine rings is 1. The Labute approximate surface area is 97.8 Å². The van der Waals surface area contributed by atoms with E-state index in [4.69, 9.17) is 0 Å². The number of nitrogens with one attached hydrogen (secondary N) is 1. The molecule has 2 heteroatoms. The molecule has 1 atom stereocenters. The molecule has 1 unspecified atom stereocenters. The Hall–Kier alpha value is -1.15. The Morgan fingerprint density at radius 2 is 2.31 bits per heavy atom. The summed E-state index contributed by atoms with van der Waals surface area (Å²) in [6.45, 7) is 2.19. The van der Waals surface area contributed by atoms with Crippen LogP contribution in [0.25, 0.3) is 0 Å². The molecule has 2 rings (SSSR count). The topological polar surface area (TPSA) is 24.9 Å². The first kappa shape index (κ1) is 11.3. The van der Waals surface area contributed by atoms with Crippen molar-refractivity contribution in [2.45, 2.75) is 25.7 Å². The van der Waals surface area contributed by atoms with E-state index >= 15 is 0 Å². The summed E-state index contributed by atoms with van der Waals surface area (Å²) in [7, 11) is 0. The van der Waals surface area contributed by atoms with E-state index < -0.39 is 0 Å². The minimum Gasteiger partial charge on any atom is -0.316 e. The minimum atomic E-state index is 0.841. The van der Waals surface area contributed by atoms with Crippen LogP contribution in [0.3, 0.4) is 0 Å². The van der Waals surface area contributed by atoms with Gasteiger partial charge in [0.2, 0.25) is 0 Å². The SMILES string of the molecule is C1=CCC(CNCCc2ccccn2)CC1. The van der Waals surface area contributed by atoms with Crippen LogP contribution >= 0.6 is 0 Å². The normalized spacial score (nSPS) is 19.9. The molecular weight excluding hydrogens is 196 g/mol. The highest BCUT2D eigenvalue weighted by molar-refractivity contribution is 5.03. The smallest absolute Gasteiger partial charge is 0.0416 e. The van der Waals surface area contributed by atoms with Crippen LogP contribution < -0.4 is 5.32 Å². The molecule has 0 fully saturated rings. The van der Waals surface area contributed by atoms with E-state index in [1.165, 1.54) is 25.0 Å². The van der Waals surface area contributed by atoms with E-state index in [9.17, 15) is 0 Å². The molecule has 1 N–H and O–H groups in total. The molecule has 1 aromatic heterocycles.